The van der Waals surface area contributed by atoms with E-state index in [1.807, 2.05) is 11.8 Å². The van der Waals surface area contributed by atoms with Crippen molar-refractivity contribution in [3.05, 3.63) is 35.6 Å². The van der Waals surface area contributed by atoms with Crippen molar-refractivity contribution in [3.63, 3.8) is 0 Å². The summed E-state index contributed by atoms with van der Waals surface area (Å²) in [6, 6.07) is 3.96. The first-order valence-electron chi connectivity index (χ1n) is 7.68. The Labute approximate surface area is 137 Å². The smallest absolute Gasteiger partial charge is 0.354 e. The molecule has 0 amide bonds. The van der Waals surface area contributed by atoms with Crippen LogP contribution in [0, 0.1) is 6.92 Å². The summed E-state index contributed by atoms with van der Waals surface area (Å²) in [4.78, 5) is 12.0. The van der Waals surface area contributed by atoms with E-state index in [-0.39, 0.29) is 6.04 Å². The molecule has 0 saturated carbocycles. The molecule has 3 rings (SSSR count). The Morgan fingerprint density at radius 2 is 1.83 bits per heavy atom. The maximum Gasteiger partial charge on any atom is 0.433 e. The van der Waals surface area contributed by atoms with Crippen LogP contribution in [0.15, 0.2) is 22.7 Å². The van der Waals surface area contributed by atoms with E-state index in [2.05, 4.69) is 20.0 Å². The minimum Gasteiger partial charge on any atom is -0.354 e. The van der Waals surface area contributed by atoms with Gasteiger partial charge in [0.2, 0.25) is 5.89 Å². The molecule has 1 saturated heterocycles. The largest absolute Gasteiger partial charge is 0.433 e. The van der Waals surface area contributed by atoms with E-state index in [0.29, 0.717) is 43.7 Å². The fourth-order valence-corrected chi connectivity index (χ4v) is 2.73. The van der Waals surface area contributed by atoms with Crippen LogP contribution in [0.25, 0.3) is 0 Å². The molecule has 1 fully saturated rings. The highest BCUT2D eigenvalue weighted by atomic mass is 19.4. The third kappa shape index (κ3) is 3.50. The van der Waals surface area contributed by atoms with E-state index >= 15 is 0 Å². The Kier molecular flexibility index (Phi) is 4.44. The molecule has 24 heavy (non-hydrogen) atoms. The van der Waals surface area contributed by atoms with Crippen LogP contribution >= 0.6 is 0 Å². The predicted molar refractivity (Wildman–Crippen MR) is 80.5 cm³/mol. The summed E-state index contributed by atoms with van der Waals surface area (Å²) in [5.74, 6) is 1.49. The Morgan fingerprint density at radius 3 is 2.42 bits per heavy atom. The quantitative estimate of drug-likeness (QED) is 0.855. The number of aromatic nitrogens is 3. The van der Waals surface area contributed by atoms with Crippen LogP contribution in [-0.4, -0.2) is 46.2 Å². The highest BCUT2D eigenvalue weighted by molar-refractivity contribution is 5.40. The van der Waals surface area contributed by atoms with Crippen LogP contribution in [-0.2, 0) is 6.18 Å². The normalized spacial score (nSPS) is 18.0. The van der Waals surface area contributed by atoms with E-state index < -0.39 is 11.9 Å². The highest BCUT2D eigenvalue weighted by Crippen LogP contribution is 2.29. The molecule has 0 aromatic carbocycles. The zero-order valence-corrected chi connectivity index (χ0v) is 13.4. The number of piperazine rings is 1. The van der Waals surface area contributed by atoms with Gasteiger partial charge >= 0.3 is 6.18 Å². The molecular formula is C15H18F3N5O. The van der Waals surface area contributed by atoms with Crippen molar-refractivity contribution in [1.82, 2.24) is 20.0 Å². The van der Waals surface area contributed by atoms with E-state index in [0.717, 1.165) is 6.07 Å². The number of halogens is 3. The molecule has 0 bridgehead atoms. The van der Waals surface area contributed by atoms with Crippen molar-refractivity contribution in [2.24, 2.45) is 0 Å². The monoisotopic (exact) mass is 341 g/mol. The SMILES string of the molecule is Cc1noc(C(C)N2CCN(c3cccc(C(F)(F)F)n3)CC2)n1. The van der Waals surface area contributed by atoms with Gasteiger partial charge in [0.05, 0.1) is 6.04 Å². The van der Waals surface area contributed by atoms with Gasteiger partial charge in [-0.3, -0.25) is 4.90 Å². The number of aryl methyl sites for hydroxylation is 1. The number of hydrogen-bond acceptors (Lipinski definition) is 6. The lowest BCUT2D eigenvalue weighted by atomic mass is 10.2. The number of pyridine rings is 1. The van der Waals surface area contributed by atoms with Crippen molar-refractivity contribution >= 4 is 5.82 Å². The van der Waals surface area contributed by atoms with Crippen LogP contribution in [0.4, 0.5) is 19.0 Å². The Hall–Kier alpha value is -2.16. The van der Waals surface area contributed by atoms with Gasteiger partial charge in [-0.15, -0.1) is 0 Å². The third-order valence-electron chi connectivity index (χ3n) is 4.11. The summed E-state index contributed by atoms with van der Waals surface area (Å²) in [6.45, 7) is 6.28. The van der Waals surface area contributed by atoms with Crippen molar-refractivity contribution in [1.29, 1.82) is 0 Å². The number of hydrogen-bond donors (Lipinski definition) is 0. The van der Waals surface area contributed by atoms with Crippen molar-refractivity contribution in [2.45, 2.75) is 26.1 Å². The molecule has 0 N–H and O–H groups in total. The highest BCUT2D eigenvalue weighted by Gasteiger charge is 2.33. The molecule has 0 spiro atoms. The summed E-state index contributed by atoms with van der Waals surface area (Å²) in [7, 11) is 0. The molecule has 2 aromatic heterocycles. The summed E-state index contributed by atoms with van der Waals surface area (Å²) in [6.07, 6.45) is -4.43. The fourth-order valence-electron chi connectivity index (χ4n) is 2.73. The lowest BCUT2D eigenvalue weighted by molar-refractivity contribution is -0.141. The molecule has 6 nitrogen and oxygen atoms in total. The second-order valence-corrected chi connectivity index (χ2v) is 5.76. The lowest BCUT2D eigenvalue weighted by Crippen LogP contribution is -2.47. The van der Waals surface area contributed by atoms with Crippen LogP contribution in [0.1, 0.15) is 30.4 Å². The second-order valence-electron chi connectivity index (χ2n) is 5.76. The Morgan fingerprint density at radius 1 is 1.12 bits per heavy atom. The van der Waals surface area contributed by atoms with E-state index in [4.69, 9.17) is 4.52 Å². The second kappa shape index (κ2) is 6.39. The molecule has 0 radical (unpaired) electrons. The summed E-state index contributed by atoms with van der Waals surface area (Å²) >= 11 is 0. The van der Waals surface area contributed by atoms with E-state index in [1.165, 1.54) is 6.07 Å². The summed E-state index contributed by atoms with van der Waals surface area (Å²) < 4.78 is 43.5. The van der Waals surface area contributed by atoms with Gasteiger partial charge in [-0.25, -0.2) is 4.98 Å². The zero-order valence-electron chi connectivity index (χ0n) is 13.4. The average molecular weight is 341 g/mol. The molecule has 9 heteroatoms. The number of rotatable bonds is 3. The van der Waals surface area contributed by atoms with Gasteiger partial charge in [-0.05, 0) is 26.0 Å². The first-order chi connectivity index (χ1) is 11.3. The summed E-state index contributed by atoms with van der Waals surface area (Å²) in [5, 5.41) is 3.79. The number of anilines is 1. The minimum absolute atomic E-state index is 0.0252. The van der Waals surface area contributed by atoms with Gasteiger partial charge < -0.3 is 9.42 Å². The first-order valence-corrected chi connectivity index (χ1v) is 7.68. The number of nitrogens with zero attached hydrogens (tertiary/aromatic N) is 5. The maximum atomic E-state index is 12.8. The minimum atomic E-state index is -4.43. The van der Waals surface area contributed by atoms with Gasteiger partial charge in [0.1, 0.15) is 11.5 Å². The molecule has 1 atom stereocenters. The fraction of sp³-hybridized carbons (Fsp3) is 0.533. The topological polar surface area (TPSA) is 58.3 Å². The average Bonchev–Trinajstić information content (AvgIpc) is 3.00. The van der Waals surface area contributed by atoms with Gasteiger partial charge in [0.15, 0.2) is 5.82 Å². The molecule has 1 aliphatic rings. The molecule has 3 heterocycles. The van der Waals surface area contributed by atoms with E-state index in [9.17, 15) is 13.2 Å². The van der Waals surface area contributed by atoms with Gasteiger partial charge in [-0.1, -0.05) is 11.2 Å². The van der Waals surface area contributed by atoms with Crippen molar-refractivity contribution < 1.29 is 17.7 Å². The maximum absolute atomic E-state index is 12.8. The zero-order chi connectivity index (χ0) is 17.3. The van der Waals surface area contributed by atoms with E-state index in [1.54, 1.807) is 13.0 Å². The van der Waals surface area contributed by atoms with Crippen LogP contribution < -0.4 is 4.90 Å². The van der Waals surface area contributed by atoms with Gasteiger partial charge in [-0.2, -0.15) is 18.2 Å². The Bertz CT molecular complexity index is 694. The Balaban J connectivity index is 1.65. The van der Waals surface area contributed by atoms with Crippen LogP contribution in [0.3, 0.4) is 0 Å². The molecule has 2 aromatic rings. The third-order valence-corrected chi connectivity index (χ3v) is 4.11. The molecule has 1 aliphatic heterocycles. The van der Waals surface area contributed by atoms with Gasteiger partial charge in [0.25, 0.3) is 0 Å². The van der Waals surface area contributed by atoms with Crippen LogP contribution in [0.2, 0.25) is 0 Å². The molecule has 1 unspecified atom stereocenters. The molecule has 130 valence electrons. The molecular weight excluding hydrogens is 323 g/mol. The molecule has 0 aliphatic carbocycles. The number of alkyl halides is 3. The standard InChI is InChI=1S/C15H18F3N5O/c1-10(14-19-11(2)21-24-14)22-6-8-23(9-7-22)13-5-3-4-12(20-13)15(16,17)18/h3-5,10H,6-9H2,1-2H3. The van der Waals surface area contributed by atoms with Crippen LogP contribution in [0.5, 0.6) is 0 Å². The summed E-state index contributed by atoms with van der Waals surface area (Å²) in [5.41, 5.74) is -0.864. The van der Waals surface area contributed by atoms with Gasteiger partial charge in [0, 0.05) is 26.2 Å². The first kappa shape index (κ1) is 16.7. The van der Waals surface area contributed by atoms with Crippen molar-refractivity contribution in [3.8, 4) is 0 Å². The van der Waals surface area contributed by atoms with Crippen molar-refractivity contribution in [2.75, 3.05) is 31.1 Å². The lowest BCUT2D eigenvalue weighted by Gasteiger charge is -2.37. The predicted octanol–water partition coefficient (Wildman–Crippen LogP) is 2.68.